The van der Waals surface area contributed by atoms with Crippen LogP contribution >= 0.6 is 11.8 Å². The first-order valence-corrected chi connectivity index (χ1v) is 7.60. The number of nitrogens with zero attached hydrogens (tertiary/aromatic N) is 2. The molecular weight excluding hydrogens is 280 g/mol. The molecule has 7 nitrogen and oxygen atoms in total. The molecule has 20 heavy (non-hydrogen) atoms. The summed E-state index contributed by atoms with van der Waals surface area (Å²) < 4.78 is 6.34. The van der Waals surface area contributed by atoms with Gasteiger partial charge in [-0.3, -0.25) is 9.36 Å². The average molecular weight is 302 g/mol. The smallest absolute Gasteiger partial charge is 0.343 e. The monoisotopic (exact) mass is 302 g/mol. The lowest BCUT2D eigenvalue weighted by Gasteiger charge is -2.18. The molecule has 0 aliphatic heterocycles. The number of aromatic amines is 1. The zero-order valence-electron chi connectivity index (χ0n) is 12.3. The molecule has 0 aliphatic rings. The van der Waals surface area contributed by atoms with E-state index in [1.165, 1.54) is 18.9 Å². The highest BCUT2D eigenvalue weighted by Crippen LogP contribution is 2.15. The fraction of sp³-hybridized carbons (Fsp3) is 0.750. The highest BCUT2D eigenvalue weighted by atomic mass is 32.2. The molecular formula is C12H22N4O3S. The normalized spacial score (nSPS) is 12.7. The molecule has 0 saturated heterocycles. The fourth-order valence-electron chi connectivity index (χ4n) is 1.77. The van der Waals surface area contributed by atoms with E-state index < -0.39 is 0 Å². The van der Waals surface area contributed by atoms with Crippen LogP contribution in [0.5, 0.6) is 0 Å². The molecule has 8 heteroatoms. The Labute approximate surface area is 122 Å². The number of esters is 1. The average Bonchev–Trinajstić information content (AvgIpc) is 2.76. The molecule has 1 rings (SSSR count). The number of hydrogen-bond donors (Lipinski definition) is 2. The molecule has 0 amide bonds. The molecule has 114 valence electrons. The van der Waals surface area contributed by atoms with Crippen molar-refractivity contribution >= 4 is 17.7 Å². The summed E-state index contributed by atoms with van der Waals surface area (Å²) in [5, 5.41) is 10.2. The van der Waals surface area contributed by atoms with Gasteiger partial charge in [0.15, 0.2) is 5.16 Å². The summed E-state index contributed by atoms with van der Waals surface area (Å²) in [6.45, 7) is 6.41. The third kappa shape index (κ3) is 4.68. The first-order chi connectivity index (χ1) is 9.49. The van der Waals surface area contributed by atoms with Crippen LogP contribution in [0.3, 0.4) is 0 Å². The topological polar surface area (TPSA) is 89.0 Å². The Kier molecular flexibility index (Phi) is 6.80. The van der Waals surface area contributed by atoms with Crippen molar-refractivity contribution in [3.63, 3.8) is 0 Å². The van der Waals surface area contributed by atoms with Crippen molar-refractivity contribution in [1.29, 1.82) is 0 Å². The van der Waals surface area contributed by atoms with E-state index in [2.05, 4.69) is 15.5 Å². The summed E-state index contributed by atoms with van der Waals surface area (Å²) in [6, 6.07) is -0.142. The number of ether oxygens (including phenoxy) is 1. The summed E-state index contributed by atoms with van der Waals surface area (Å²) in [6.07, 6.45) is 0.611. The molecule has 0 aliphatic carbocycles. The number of rotatable bonds is 8. The van der Waals surface area contributed by atoms with E-state index in [4.69, 9.17) is 4.74 Å². The van der Waals surface area contributed by atoms with Crippen molar-refractivity contribution in [3.8, 4) is 0 Å². The number of methoxy groups -OCH3 is 1. The molecule has 1 unspecified atom stereocenters. The van der Waals surface area contributed by atoms with Crippen LogP contribution in [0.2, 0.25) is 0 Å². The quantitative estimate of drug-likeness (QED) is 0.540. The Morgan fingerprint density at radius 1 is 1.55 bits per heavy atom. The van der Waals surface area contributed by atoms with Crippen LogP contribution < -0.4 is 11.0 Å². The van der Waals surface area contributed by atoms with Gasteiger partial charge in [0.05, 0.1) is 7.11 Å². The lowest BCUT2D eigenvalue weighted by Crippen LogP contribution is -2.41. The largest absolute Gasteiger partial charge is 0.468 e. The zero-order valence-corrected chi connectivity index (χ0v) is 13.1. The van der Waals surface area contributed by atoms with Gasteiger partial charge in [-0.2, -0.15) is 0 Å². The van der Waals surface area contributed by atoms with Gasteiger partial charge in [-0.05, 0) is 13.3 Å². The Morgan fingerprint density at radius 2 is 2.25 bits per heavy atom. The minimum absolute atomic E-state index is 0.198. The van der Waals surface area contributed by atoms with Gasteiger partial charge in [0, 0.05) is 18.3 Å². The Bertz CT molecular complexity index is 483. The fourth-order valence-corrected chi connectivity index (χ4v) is 2.79. The molecule has 2 N–H and O–H groups in total. The summed E-state index contributed by atoms with van der Waals surface area (Å²) in [4.78, 5) is 23.1. The first-order valence-electron chi connectivity index (χ1n) is 6.61. The predicted molar refractivity (Wildman–Crippen MR) is 77.9 cm³/mol. The zero-order chi connectivity index (χ0) is 15.1. The number of aromatic nitrogens is 3. The van der Waals surface area contributed by atoms with E-state index in [-0.39, 0.29) is 23.7 Å². The second-order valence-electron chi connectivity index (χ2n) is 4.59. The Balaban J connectivity index is 2.55. The van der Waals surface area contributed by atoms with Crippen molar-refractivity contribution in [3.05, 3.63) is 10.5 Å². The third-order valence-corrected chi connectivity index (χ3v) is 3.71. The van der Waals surface area contributed by atoms with Crippen LogP contribution in [-0.4, -0.2) is 45.7 Å². The predicted octanol–water partition coefficient (Wildman–Crippen LogP) is 0.613. The molecule has 0 radical (unpaired) electrons. The van der Waals surface area contributed by atoms with Gasteiger partial charge in [0.1, 0.15) is 6.04 Å². The summed E-state index contributed by atoms with van der Waals surface area (Å²) >= 11 is 1.45. The maximum Gasteiger partial charge on any atom is 0.343 e. The molecule has 0 spiro atoms. The van der Waals surface area contributed by atoms with Crippen molar-refractivity contribution in [2.75, 3.05) is 12.9 Å². The number of thioether (sulfide) groups is 1. The van der Waals surface area contributed by atoms with E-state index in [9.17, 15) is 9.59 Å². The number of carbonyl (C=O) groups is 1. The number of carbonyl (C=O) groups excluding carboxylic acids is 1. The summed E-state index contributed by atoms with van der Waals surface area (Å²) in [5.41, 5.74) is -0.208. The number of H-pyrrole nitrogens is 1. The Hall–Kier alpha value is -1.28. The molecule has 1 atom stereocenters. The minimum Gasteiger partial charge on any atom is -0.468 e. The minimum atomic E-state index is -0.340. The third-order valence-electron chi connectivity index (χ3n) is 2.70. The first kappa shape index (κ1) is 16.8. The van der Waals surface area contributed by atoms with Crippen molar-refractivity contribution in [2.45, 2.75) is 51.0 Å². The van der Waals surface area contributed by atoms with Gasteiger partial charge in [-0.25, -0.2) is 9.89 Å². The van der Waals surface area contributed by atoms with Crippen LogP contribution in [0, 0.1) is 0 Å². The molecule has 1 aromatic heterocycles. The van der Waals surface area contributed by atoms with Crippen LogP contribution in [0.4, 0.5) is 0 Å². The van der Waals surface area contributed by atoms with Gasteiger partial charge in [0.25, 0.3) is 0 Å². The van der Waals surface area contributed by atoms with Crippen LogP contribution in [0.1, 0.15) is 27.2 Å². The summed E-state index contributed by atoms with van der Waals surface area (Å²) in [5.74, 6) is 0.401. The van der Waals surface area contributed by atoms with E-state index in [0.29, 0.717) is 23.9 Å². The van der Waals surface area contributed by atoms with E-state index in [0.717, 1.165) is 0 Å². The van der Waals surface area contributed by atoms with E-state index in [1.54, 1.807) is 4.57 Å². The molecule has 1 aromatic rings. The van der Waals surface area contributed by atoms with Crippen LogP contribution in [0.25, 0.3) is 0 Å². The maximum atomic E-state index is 11.6. The summed E-state index contributed by atoms with van der Waals surface area (Å²) in [7, 11) is 1.38. The van der Waals surface area contributed by atoms with E-state index >= 15 is 0 Å². The van der Waals surface area contributed by atoms with Gasteiger partial charge < -0.3 is 10.1 Å². The van der Waals surface area contributed by atoms with E-state index in [1.807, 2.05) is 20.8 Å². The maximum absolute atomic E-state index is 11.6. The van der Waals surface area contributed by atoms with Gasteiger partial charge >= 0.3 is 11.7 Å². The van der Waals surface area contributed by atoms with Crippen LogP contribution in [-0.2, 0) is 16.1 Å². The lowest BCUT2D eigenvalue weighted by molar-refractivity contribution is -0.143. The highest BCUT2D eigenvalue weighted by Gasteiger charge is 2.20. The molecule has 0 bridgehead atoms. The molecule has 1 heterocycles. The molecule has 0 saturated carbocycles. The van der Waals surface area contributed by atoms with Crippen molar-refractivity contribution < 1.29 is 9.53 Å². The highest BCUT2D eigenvalue weighted by molar-refractivity contribution is 7.99. The van der Waals surface area contributed by atoms with Crippen LogP contribution in [0.15, 0.2) is 9.95 Å². The SMILES string of the molecule is CCn1c(SCCC(NC(C)C)C(=O)OC)n[nH]c1=O. The number of nitrogens with one attached hydrogen (secondary N) is 2. The second-order valence-corrected chi connectivity index (χ2v) is 5.65. The van der Waals surface area contributed by atoms with Crippen molar-refractivity contribution in [2.24, 2.45) is 0 Å². The lowest BCUT2D eigenvalue weighted by atomic mass is 10.2. The standard InChI is InChI=1S/C12H22N4O3S/c1-5-16-11(18)14-15-12(16)20-7-6-9(10(17)19-4)13-8(2)3/h8-9,13H,5-7H2,1-4H3,(H,14,18). The van der Waals surface area contributed by atoms with Gasteiger partial charge in [-0.15, -0.1) is 5.10 Å². The van der Waals surface area contributed by atoms with Gasteiger partial charge in [-0.1, -0.05) is 25.6 Å². The Morgan fingerprint density at radius 3 is 2.80 bits per heavy atom. The van der Waals surface area contributed by atoms with Crippen molar-refractivity contribution in [1.82, 2.24) is 20.1 Å². The second kappa shape index (κ2) is 8.11. The molecule has 0 fully saturated rings. The molecule has 0 aromatic carbocycles. The number of hydrogen-bond acceptors (Lipinski definition) is 6. The van der Waals surface area contributed by atoms with Gasteiger partial charge in [0.2, 0.25) is 0 Å².